The Hall–Kier alpha value is -0.970. The Morgan fingerprint density at radius 3 is 2.80 bits per heavy atom. The Morgan fingerprint density at radius 2 is 2.05 bits per heavy atom. The monoisotopic (exact) mass is 277 g/mol. The van der Waals surface area contributed by atoms with Crippen LogP contribution in [-0.4, -0.2) is 49.1 Å². The van der Waals surface area contributed by atoms with Crippen LogP contribution in [0.15, 0.2) is 18.2 Å². The molecule has 0 aliphatic carbocycles. The van der Waals surface area contributed by atoms with E-state index in [4.69, 9.17) is 0 Å². The second-order valence-electron chi connectivity index (χ2n) is 5.87. The van der Waals surface area contributed by atoms with E-state index in [1.807, 2.05) is 6.07 Å². The number of piperazine rings is 1. The van der Waals surface area contributed by atoms with E-state index in [2.05, 4.69) is 22.0 Å². The average molecular weight is 277 g/mol. The molecule has 0 radical (unpaired) electrons. The van der Waals surface area contributed by atoms with E-state index in [-0.39, 0.29) is 5.82 Å². The molecule has 1 aromatic rings. The molecule has 0 unspecified atom stereocenters. The van der Waals surface area contributed by atoms with E-state index in [0.717, 1.165) is 44.8 Å². The third kappa shape index (κ3) is 2.87. The van der Waals surface area contributed by atoms with Crippen LogP contribution in [0.4, 0.5) is 4.39 Å². The van der Waals surface area contributed by atoms with Crippen molar-refractivity contribution >= 4 is 0 Å². The fourth-order valence-electron chi connectivity index (χ4n) is 3.45. The summed E-state index contributed by atoms with van der Waals surface area (Å²) in [5.74, 6) is -0.126. The summed E-state index contributed by atoms with van der Waals surface area (Å²) in [6.45, 7) is 9.75. The maximum atomic E-state index is 13.4. The summed E-state index contributed by atoms with van der Waals surface area (Å²) in [7, 11) is 0. The zero-order valence-corrected chi connectivity index (χ0v) is 12.2. The fraction of sp³-hybridized carbons (Fsp3) is 0.625. The minimum Gasteiger partial charge on any atom is -0.311 e. The minimum absolute atomic E-state index is 0.126. The Labute approximate surface area is 120 Å². The molecule has 2 heterocycles. The van der Waals surface area contributed by atoms with Crippen LogP contribution in [0.5, 0.6) is 0 Å². The maximum Gasteiger partial charge on any atom is 0.123 e. The first kappa shape index (κ1) is 14.0. The Bertz CT molecular complexity index is 455. The number of nitrogens with zero attached hydrogens (tertiary/aromatic N) is 2. The second-order valence-corrected chi connectivity index (χ2v) is 5.87. The molecular weight excluding hydrogens is 253 g/mol. The molecule has 3 nitrogen and oxygen atoms in total. The first-order valence-electron chi connectivity index (χ1n) is 7.73. The predicted octanol–water partition coefficient (Wildman–Crippen LogP) is 2.00. The third-order valence-electron chi connectivity index (χ3n) is 4.50. The molecule has 2 aliphatic heterocycles. The molecule has 110 valence electrons. The molecule has 1 aromatic carbocycles. The average Bonchev–Trinajstić information content (AvgIpc) is 2.47. The van der Waals surface area contributed by atoms with Crippen molar-refractivity contribution in [3.05, 3.63) is 35.1 Å². The van der Waals surface area contributed by atoms with E-state index < -0.39 is 0 Å². The molecule has 0 amide bonds. The molecular formula is C16H24FN3. The molecule has 2 aliphatic rings. The number of nitrogens with one attached hydrogen (secondary N) is 1. The molecule has 20 heavy (non-hydrogen) atoms. The van der Waals surface area contributed by atoms with Crippen molar-refractivity contribution in [2.45, 2.75) is 25.9 Å². The smallest absolute Gasteiger partial charge is 0.123 e. The lowest BCUT2D eigenvalue weighted by Crippen LogP contribution is -2.50. The van der Waals surface area contributed by atoms with Gasteiger partial charge in [0.05, 0.1) is 0 Å². The molecule has 4 heteroatoms. The van der Waals surface area contributed by atoms with Gasteiger partial charge in [0.1, 0.15) is 5.82 Å². The lowest BCUT2D eigenvalue weighted by Gasteiger charge is -2.41. The van der Waals surface area contributed by atoms with Crippen LogP contribution in [-0.2, 0) is 6.54 Å². The summed E-state index contributed by atoms with van der Waals surface area (Å²) in [6, 6.07) is 5.67. The van der Waals surface area contributed by atoms with Crippen LogP contribution in [0.3, 0.4) is 0 Å². The highest BCUT2D eigenvalue weighted by molar-refractivity contribution is 5.33. The van der Waals surface area contributed by atoms with Gasteiger partial charge in [-0.25, -0.2) is 4.39 Å². The standard InChI is InChI=1S/C16H24FN3/c1-2-5-19-6-8-20(9-7-19)16-12-18-11-13-10-14(17)3-4-15(13)16/h3-4,10,16,18H,2,5-9,11-12H2,1H3/t16-/m0/s1. The van der Waals surface area contributed by atoms with Gasteiger partial charge in [-0.1, -0.05) is 13.0 Å². The highest BCUT2D eigenvalue weighted by atomic mass is 19.1. The van der Waals surface area contributed by atoms with Gasteiger partial charge in [-0.3, -0.25) is 4.90 Å². The minimum atomic E-state index is -0.126. The number of hydrogen-bond donors (Lipinski definition) is 1. The molecule has 1 saturated heterocycles. The first-order valence-corrected chi connectivity index (χ1v) is 7.73. The summed E-state index contributed by atoms with van der Waals surface area (Å²) >= 11 is 0. The van der Waals surface area contributed by atoms with E-state index in [1.165, 1.54) is 18.5 Å². The summed E-state index contributed by atoms with van der Waals surface area (Å²) in [4.78, 5) is 5.09. The highest BCUT2D eigenvalue weighted by Gasteiger charge is 2.28. The van der Waals surface area contributed by atoms with Crippen LogP contribution < -0.4 is 5.32 Å². The van der Waals surface area contributed by atoms with Crippen molar-refractivity contribution < 1.29 is 4.39 Å². The summed E-state index contributed by atoms with van der Waals surface area (Å²) < 4.78 is 13.4. The van der Waals surface area contributed by atoms with Gasteiger partial charge in [-0.15, -0.1) is 0 Å². The molecule has 0 bridgehead atoms. The third-order valence-corrected chi connectivity index (χ3v) is 4.50. The normalized spacial score (nSPS) is 24.6. The lowest BCUT2D eigenvalue weighted by molar-refractivity contribution is 0.0917. The van der Waals surface area contributed by atoms with E-state index in [1.54, 1.807) is 12.1 Å². The molecule has 1 N–H and O–H groups in total. The summed E-state index contributed by atoms with van der Waals surface area (Å²) in [5.41, 5.74) is 2.44. The molecule has 3 rings (SSSR count). The van der Waals surface area contributed by atoms with Crippen molar-refractivity contribution in [3.63, 3.8) is 0 Å². The van der Waals surface area contributed by atoms with Crippen LogP contribution in [0, 0.1) is 5.82 Å². The van der Waals surface area contributed by atoms with Crippen molar-refractivity contribution in [3.8, 4) is 0 Å². The SMILES string of the molecule is CCCN1CCN([C@H]2CNCc3cc(F)ccc32)CC1. The molecule has 0 spiro atoms. The summed E-state index contributed by atoms with van der Waals surface area (Å²) in [6.07, 6.45) is 1.23. The highest BCUT2D eigenvalue weighted by Crippen LogP contribution is 2.28. The van der Waals surface area contributed by atoms with E-state index >= 15 is 0 Å². The van der Waals surface area contributed by atoms with Gasteiger partial charge in [0.15, 0.2) is 0 Å². The van der Waals surface area contributed by atoms with Gasteiger partial charge in [0.2, 0.25) is 0 Å². The van der Waals surface area contributed by atoms with Gasteiger partial charge >= 0.3 is 0 Å². The van der Waals surface area contributed by atoms with Gasteiger partial charge in [-0.05, 0) is 36.2 Å². The van der Waals surface area contributed by atoms with Crippen LogP contribution in [0.1, 0.15) is 30.5 Å². The molecule has 1 fully saturated rings. The number of halogens is 1. The van der Waals surface area contributed by atoms with Gasteiger partial charge < -0.3 is 10.2 Å². The predicted molar refractivity (Wildman–Crippen MR) is 79.2 cm³/mol. The Kier molecular flexibility index (Phi) is 4.34. The lowest BCUT2D eigenvalue weighted by atomic mass is 9.95. The number of hydrogen-bond acceptors (Lipinski definition) is 3. The number of rotatable bonds is 3. The topological polar surface area (TPSA) is 18.5 Å². The number of benzene rings is 1. The van der Waals surface area contributed by atoms with Crippen molar-refractivity contribution in [2.75, 3.05) is 39.3 Å². The summed E-state index contributed by atoms with van der Waals surface area (Å²) in [5, 5.41) is 3.43. The molecule has 0 saturated carbocycles. The van der Waals surface area contributed by atoms with Crippen molar-refractivity contribution in [1.82, 2.24) is 15.1 Å². The second kappa shape index (κ2) is 6.20. The van der Waals surface area contributed by atoms with Gasteiger partial charge in [0.25, 0.3) is 0 Å². The Morgan fingerprint density at radius 1 is 1.25 bits per heavy atom. The quantitative estimate of drug-likeness (QED) is 0.911. The molecule has 0 aromatic heterocycles. The van der Waals surface area contributed by atoms with Crippen LogP contribution in [0.2, 0.25) is 0 Å². The van der Waals surface area contributed by atoms with Crippen molar-refractivity contribution in [1.29, 1.82) is 0 Å². The van der Waals surface area contributed by atoms with Crippen LogP contribution >= 0.6 is 0 Å². The largest absolute Gasteiger partial charge is 0.311 e. The maximum absolute atomic E-state index is 13.4. The zero-order valence-electron chi connectivity index (χ0n) is 12.2. The van der Waals surface area contributed by atoms with E-state index in [9.17, 15) is 4.39 Å². The number of fused-ring (bicyclic) bond motifs is 1. The van der Waals surface area contributed by atoms with Crippen LogP contribution in [0.25, 0.3) is 0 Å². The van der Waals surface area contributed by atoms with Crippen molar-refractivity contribution in [2.24, 2.45) is 0 Å². The van der Waals surface area contributed by atoms with Gasteiger partial charge in [0, 0.05) is 45.3 Å². The van der Waals surface area contributed by atoms with Gasteiger partial charge in [-0.2, -0.15) is 0 Å². The first-order chi connectivity index (χ1) is 9.78. The molecule has 1 atom stereocenters. The zero-order chi connectivity index (χ0) is 13.9. The fourth-order valence-corrected chi connectivity index (χ4v) is 3.45. The van der Waals surface area contributed by atoms with E-state index in [0.29, 0.717) is 6.04 Å². The Balaban J connectivity index is 1.70.